The van der Waals surface area contributed by atoms with Crippen LogP contribution in [0.1, 0.15) is 54.3 Å². The van der Waals surface area contributed by atoms with Crippen LogP contribution in [0.2, 0.25) is 0 Å². The van der Waals surface area contributed by atoms with E-state index in [1.54, 1.807) is 0 Å². The van der Waals surface area contributed by atoms with Crippen molar-refractivity contribution in [1.29, 1.82) is 0 Å². The summed E-state index contributed by atoms with van der Waals surface area (Å²) in [6.45, 7) is 11.5. The first-order valence-corrected chi connectivity index (χ1v) is 9.68. The zero-order chi connectivity index (χ0) is 18.8. The summed E-state index contributed by atoms with van der Waals surface area (Å²) >= 11 is 0. The Morgan fingerprint density at radius 3 is 2.35 bits per heavy atom. The van der Waals surface area contributed by atoms with Gasteiger partial charge in [0.15, 0.2) is 0 Å². The number of piperidine rings is 1. The molecular weight excluding hydrogens is 326 g/mol. The van der Waals surface area contributed by atoms with E-state index in [1.807, 2.05) is 11.7 Å². The molecule has 1 saturated heterocycles. The molecule has 2 aromatic rings. The van der Waals surface area contributed by atoms with Crippen LogP contribution in [0, 0.1) is 13.8 Å². The molecule has 0 amide bonds. The molecule has 0 N–H and O–H groups in total. The maximum Gasteiger partial charge on any atom is 0.147 e. The summed E-state index contributed by atoms with van der Waals surface area (Å²) in [5.41, 5.74) is 3.82. The fourth-order valence-corrected chi connectivity index (χ4v) is 4.01. The second kappa shape index (κ2) is 7.88. The minimum absolute atomic E-state index is 0.519. The predicted octanol–water partition coefficient (Wildman–Crippen LogP) is 2.09. The first-order valence-electron chi connectivity index (χ1n) is 9.68. The molecule has 3 heterocycles. The maximum atomic E-state index is 4.56. The van der Waals surface area contributed by atoms with Gasteiger partial charge in [-0.15, -0.1) is 10.2 Å². The Hall–Kier alpha value is -1.73. The number of aromatic nitrogens is 5. The van der Waals surface area contributed by atoms with Crippen molar-refractivity contribution in [2.75, 3.05) is 27.2 Å². The Morgan fingerprint density at radius 2 is 1.81 bits per heavy atom. The third kappa shape index (κ3) is 3.83. The number of rotatable bonds is 6. The van der Waals surface area contributed by atoms with E-state index in [2.05, 4.69) is 64.5 Å². The Morgan fingerprint density at radius 1 is 1.12 bits per heavy atom. The summed E-state index contributed by atoms with van der Waals surface area (Å²) in [6, 6.07) is 0. The molecule has 7 heteroatoms. The van der Waals surface area contributed by atoms with Gasteiger partial charge in [0, 0.05) is 37.3 Å². The third-order valence-corrected chi connectivity index (χ3v) is 5.62. The summed E-state index contributed by atoms with van der Waals surface area (Å²) in [7, 11) is 6.19. The van der Waals surface area contributed by atoms with Gasteiger partial charge in [-0.3, -0.25) is 9.58 Å². The summed E-state index contributed by atoms with van der Waals surface area (Å²) in [5.74, 6) is 2.78. The van der Waals surface area contributed by atoms with Crippen LogP contribution in [0.4, 0.5) is 0 Å². The molecule has 0 unspecified atom stereocenters. The highest BCUT2D eigenvalue weighted by Gasteiger charge is 2.26. The lowest BCUT2D eigenvalue weighted by molar-refractivity contribution is 0.199. The van der Waals surface area contributed by atoms with E-state index in [0.29, 0.717) is 5.92 Å². The van der Waals surface area contributed by atoms with E-state index in [4.69, 9.17) is 0 Å². The van der Waals surface area contributed by atoms with Crippen molar-refractivity contribution in [3.63, 3.8) is 0 Å². The minimum Gasteiger partial charge on any atom is -0.314 e. The fourth-order valence-electron chi connectivity index (χ4n) is 4.01. The zero-order valence-electron chi connectivity index (χ0n) is 17.2. The Labute approximate surface area is 157 Å². The third-order valence-electron chi connectivity index (χ3n) is 5.62. The quantitative estimate of drug-likeness (QED) is 0.790. The Balaban J connectivity index is 1.64. The van der Waals surface area contributed by atoms with E-state index >= 15 is 0 Å². The van der Waals surface area contributed by atoms with Crippen molar-refractivity contribution in [1.82, 2.24) is 34.3 Å². The maximum absolute atomic E-state index is 4.56. The lowest BCUT2D eigenvalue weighted by atomic mass is 9.95. The molecule has 7 nitrogen and oxygen atoms in total. The van der Waals surface area contributed by atoms with Gasteiger partial charge in [-0.25, -0.2) is 0 Å². The van der Waals surface area contributed by atoms with Crippen LogP contribution in [0.15, 0.2) is 0 Å². The van der Waals surface area contributed by atoms with Crippen LogP contribution in [-0.2, 0) is 26.7 Å². The highest BCUT2D eigenvalue weighted by atomic mass is 15.3. The lowest BCUT2D eigenvalue weighted by Gasteiger charge is -2.31. The van der Waals surface area contributed by atoms with Gasteiger partial charge in [-0.2, -0.15) is 5.10 Å². The smallest absolute Gasteiger partial charge is 0.147 e. The summed E-state index contributed by atoms with van der Waals surface area (Å²) in [4.78, 5) is 4.71. The number of likely N-dealkylation sites (tertiary alicyclic amines) is 1. The second-order valence-electron chi connectivity index (χ2n) is 7.78. The molecule has 2 aromatic heterocycles. The van der Waals surface area contributed by atoms with E-state index in [-0.39, 0.29) is 0 Å². The normalized spacial score (nSPS) is 16.7. The van der Waals surface area contributed by atoms with Gasteiger partial charge in [-0.1, -0.05) is 0 Å². The zero-order valence-corrected chi connectivity index (χ0v) is 17.2. The van der Waals surface area contributed by atoms with E-state index < -0.39 is 0 Å². The van der Waals surface area contributed by atoms with Crippen molar-refractivity contribution in [2.24, 2.45) is 7.05 Å². The summed E-state index contributed by atoms with van der Waals surface area (Å²) in [6.07, 6.45) is 2.30. The number of aryl methyl sites for hydroxylation is 2. The Bertz CT molecular complexity index is 735. The summed E-state index contributed by atoms with van der Waals surface area (Å²) < 4.78 is 4.31. The van der Waals surface area contributed by atoms with Gasteiger partial charge in [0.1, 0.15) is 11.6 Å². The predicted molar refractivity (Wildman–Crippen MR) is 103 cm³/mol. The van der Waals surface area contributed by atoms with Crippen molar-refractivity contribution in [3.8, 4) is 0 Å². The summed E-state index contributed by atoms with van der Waals surface area (Å²) in [5, 5.41) is 13.6. The van der Waals surface area contributed by atoms with Crippen LogP contribution >= 0.6 is 0 Å². The van der Waals surface area contributed by atoms with E-state index in [0.717, 1.165) is 57.1 Å². The standard InChI is InChI=1S/C19H33N7/c1-7-26-18(13-23(4)5)20-21-19(26)16-8-10-25(11-9-16)12-17-14(2)22-24(6)15(17)3/h16H,7-13H2,1-6H3. The molecule has 0 spiro atoms. The van der Waals surface area contributed by atoms with Crippen molar-refractivity contribution in [3.05, 3.63) is 28.6 Å². The van der Waals surface area contributed by atoms with Gasteiger partial charge in [-0.05, 0) is 60.8 Å². The van der Waals surface area contributed by atoms with Crippen LogP contribution in [0.3, 0.4) is 0 Å². The molecule has 0 radical (unpaired) electrons. The second-order valence-corrected chi connectivity index (χ2v) is 7.78. The van der Waals surface area contributed by atoms with Crippen molar-refractivity contribution in [2.45, 2.75) is 59.2 Å². The molecule has 0 aromatic carbocycles. The molecule has 0 bridgehead atoms. The molecule has 0 saturated carbocycles. The van der Waals surface area contributed by atoms with Crippen molar-refractivity contribution >= 4 is 0 Å². The van der Waals surface area contributed by atoms with Crippen LogP contribution in [0.25, 0.3) is 0 Å². The van der Waals surface area contributed by atoms with Gasteiger partial charge in [0.05, 0.1) is 12.2 Å². The molecule has 0 atom stereocenters. The molecule has 1 aliphatic heterocycles. The molecule has 3 rings (SSSR count). The van der Waals surface area contributed by atoms with Gasteiger partial charge in [0.25, 0.3) is 0 Å². The fraction of sp³-hybridized carbons (Fsp3) is 0.737. The molecule has 0 aliphatic carbocycles. The topological polar surface area (TPSA) is 55.0 Å². The lowest BCUT2D eigenvalue weighted by Crippen LogP contribution is -2.33. The molecule has 26 heavy (non-hydrogen) atoms. The number of nitrogens with zero attached hydrogens (tertiary/aromatic N) is 7. The number of hydrogen-bond donors (Lipinski definition) is 0. The minimum atomic E-state index is 0.519. The average molecular weight is 360 g/mol. The van der Waals surface area contributed by atoms with Crippen LogP contribution < -0.4 is 0 Å². The average Bonchev–Trinajstić information content (AvgIpc) is 3.10. The largest absolute Gasteiger partial charge is 0.314 e. The first-order chi connectivity index (χ1) is 12.4. The highest BCUT2D eigenvalue weighted by molar-refractivity contribution is 5.24. The van der Waals surface area contributed by atoms with Gasteiger partial charge in [0.2, 0.25) is 0 Å². The van der Waals surface area contributed by atoms with E-state index in [1.165, 1.54) is 17.1 Å². The van der Waals surface area contributed by atoms with Gasteiger partial charge < -0.3 is 9.47 Å². The van der Waals surface area contributed by atoms with Crippen LogP contribution in [-0.4, -0.2) is 61.5 Å². The highest BCUT2D eigenvalue weighted by Crippen LogP contribution is 2.29. The Kier molecular flexibility index (Phi) is 5.77. The molecule has 1 fully saturated rings. The van der Waals surface area contributed by atoms with E-state index in [9.17, 15) is 0 Å². The van der Waals surface area contributed by atoms with Crippen LogP contribution in [0.5, 0.6) is 0 Å². The molecule has 1 aliphatic rings. The van der Waals surface area contributed by atoms with Gasteiger partial charge >= 0.3 is 0 Å². The number of hydrogen-bond acceptors (Lipinski definition) is 5. The monoisotopic (exact) mass is 359 g/mol. The molecule has 144 valence electrons. The first kappa shape index (κ1) is 19.0. The SMILES string of the molecule is CCn1c(CN(C)C)nnc1C1CCN(Cc2c(C)nn(C)c2C)CC1. The van der Waals surface area contributed by atoms with Crippen molar-refractivity contribution < 1.29 is 0 Å². The molecular formula is C19H33N7.